The number of carbonyl (C=O) groups is 2. The van der Waals surface area contributed by atoms with E-state index in [1.807, 2.05) is 0 Å². The van der Waals surface area contributed by atoms with Gasteiger partial charge < -0.3 is 14.7 Å². The van der Waals surface area contributed by atoms with Gasteiger partial charge in [-0.05, 0) is 39.0 Å². The Kier molecular flexibility index (Phi) is 3.90. The van der Waals surface area contributed by atoms with Crippen LogP contribution in [0.3, 0.4) is 0 Å². The molecule has 1 amide bonds. The molecular formula is C13H21NO4. The lowest BCUT2D eigenvalue weighted by molar-refractivity contribution is -0.164. The van der Waals surface area contributed by atoms with Gasteiger partial charge in [0.1, 0.15) is 5.54 Å². The maximum absolute atomic E-state index is 12.5. The molecule has 2 saturated heterocycles. The molecule has 0 aromatic heterocycles. The number of hydrogen-bond donors (Lipinski definition) is 1. The van der Waals surface area contributed by atoms with Crippen molar-refractivity contribution in [1.82, 2.24) is 4.90 Å². The molecule has 2 rings (SSSR count). The van der Waals surface area contributed by atoms with Crippen LogP contribution in [-0.4, -0.2) is 47.2 Å². The largest absolute Gasteiger partial charge is 0.480 e. The number of nitrogens with zero attached hydrogens (tertiary/aromatic N) is 1. The van der Waals surface area contributed by atoms with Crippen molar-refractivity contribution in [1.29, 1.82) is 0 Å². The Balaban J connectivity index is 2.13. The number of ether oxygens (including phenoxy) is 1. The van der Waals surface area contributed by atoms with Crippen LogP contribution in [0.15, 0.2) is 0 Å². The first-order valence-corrected chi connectivity index (χ1v) is 6.68. The van der Waals surface area contributed by atoms with Gasteiger partial charge in [0.05, 0.1) is 0 Å². The van der Waals surface area contributed by atoms with Gasteiger partial charge in [0.2, 0.25) is 5.91 Å². The molecule has 18 heavy (non-hydrogen) atoms. The number of piperidine rings is 1. The van der Waals surface area contributed by atoms with E-state index in [0.717, 1.165) is 12.8 Å². The molecule has 1 unspecified atom stereocenters. The van der Waals surface area contributed by atoms with E-state index in [2.05, 4.69) is 0 Å². The Hall–Kier alpha value is -1.10. The summed E-state index contributed by atoms with van der Waals surface area (Å²) in [6.07, 6.45) is 3.76. The van der Waals surface area contributed by atoms with Crippen molar-refractivity contribution >= 4 is 11.9 Å². The minimum absolute atomic E-state index is 0.00269. The first kappa shape index (κ1) is 13.3. The van der Waals surface area contributed by atoms with Crippen molar-refractivity contribution < 1.29 is 19.4 Å². The first-order valence-electron chi connectivity index (χ1n) is 6.68. The van der Waals surface area contributed by atoms with Gasteiger partial charge in [0.15, 0.2) is 0 Å². The Labute approximate surface area is 107 Å². The van der Waals surface area contributed by atoms with Crippen LogP contribution >= 0.6 is 0 Å². The molecule has 0 aromatic carbocycles. The third kappa shape index (κ3) is 2.36. The highest BCUT2D eigenvalue weighted by Crippen LogP contribution is 2.31. The van der Waals surface area contributed by atoms with Gasteiger partial charge >= 0.3 is 5.97 Å². The molecule has 1 N–H and O–H groups in total. The Morgan fingerprint density at radius 2 is 1.94 bits per heavy atom. The maximum Gasteiger partial charge on any atom is 0.329 e. The molecule has 2 aliphatic rings. The van der Waals surface area contributed by atoms with Crippen LogP contribution < -0.4 is 0 Å². The van der Waals surface area contributed by atoms with Crippen LogP contribution in [0, 0.1) is 5.92 Å². The van der Waals surface area contributed by atoms with Crippen LogP contribution in [0.2, 0.25) is 0 Å². The molecule has 0 spiro atoms. The number of carboxylic acid groups (broad SMARTS) is 1. The highest BCUT2D eigenvalue weighted by Gasteiger charge is 2.45. The zero-order valence-corrected chi connectivity index (χ0v) is 10.9. The molecule has 1 atom stereocenters. The predicted molar refractivity (Wildman–Crippen MR) is 65.1 cm³/mol. The van der Waals surface area contributed by atoms with Gasteiger partial charge in [-0.25, -0.2) is 4.79 Å². The number of carboxylic acids is 1. The summed E-state index contributed by atoms with van der Waals surface area (Å²) in [5, 5.41) is 9.40. The molecule has 2 heterocycles. The summed E-state index contributed by atoms with van der Waals surface area (Å²) in [4.78, 5) is 25.5. The van der Waals surface area contributed by atoms with Crippen LogP contribution in [0.4, 0.5) is 0 Å². The van der Waals surface area contributed by atoms with Gasteiger partial charge in [-0.15, -0.1) is 0 Å². The van der Waals surface area contributed by atoms with E-state index in [-0.39, 0.29) is 11.8 Å². The molecular weight excluding hydrogens is 234 g/mol. The normalized spacial score (nSPS) is 30.2. The maximum atomic E-state index is 12.5. The van der Waals surface area contributed by atoms with Crippen LogP contribution in [0.1, 0.15) is 39.0 Å². The molecule has 2 aliphatic heterocycles. The van der Waals surface area contributed by atoms with Crippen LogP contribution in [0.5, 0.6) is 0 Å². The third-order valence-corrected chi connectivity index (χ3v) is 4.19. The van der Waals surface area contributed by atoms with Crippen molar-refractivity contribution in [3.63, 3.8) is 0 Å². The first-order chi connectivity index (χ1) is 8.55. The summed E-state index contributed by atoms with van der Waals surface area (Å²) < 4.78 is 5.25. The molecule has 5 heteroatoms. The smallest absolute Gasteiger partial charge is 0.329 e. The molecule has 0 aliphatic carbocycles. The average molecular weight is 255 g/mol. The predicted octanol–water partition coefficient (Wildman–Crippen LogP) is 1.27. The van der Waals surface area contributed by atoms with Gasteiger partial charge in [-0.3, -0.25) is 4.79 Å². The van der Waals surface area contributed by atoms with E-state index in [1.54, 1.807) is 11.8 Å². The summed E-state index contributed by atoms with van der Waals surface area (Å²) in [7, 11) is 0. The third-order valence-electron chi connectivity index (χ3n) is 4.19. The molecule has 0 bridgehead atoms. The molecule has 2 fully saturated rings. The molecule has 0 radical (unpaired) electrons. The average Bonchev–Trinajstić information content (AvgIpc) is 2.39. The number of carbonyl (C=O) groups excluding carboxylic acids is 1. The number of amides is 1. The Bertz CT molecular complexity index is 338. The van der Waals surface area contributed by atoms with E-state index in [4.69, 9.17) is 4.74 Å². The highest BCUT2D eigenvalue weighted by molar-refractivity contribution is 5.88. The fraction of sp³-hybridized carbons (Fsp3) is 0.846. The van der Waals surface area contributed by atoms with E-state index in [0.29, 0.717) is 39.0 Å². The summed E-state index contributed by atoms with van der Waals surface area (Å²) in [6, 6.07) is 0. The zero-order valence-electron chi connectivity index (χ0n) is 10.9. The quantitative estimate of drug-likeness (QED) is 0.807. The zero-order chi connectivity index (χ0) is 13.2. The monoisotopic (exact) mass is 255 g/mol. The van der Waals surface area contributed by atoms with Crippen molar-refractivity contribution in [3.8, 4) is 0 Å². The van der Waals surface area contributed by atoms with Crippen molar-refractivity contribution in [3.05, 3.63) is 0 Å². The number of hydrogen-bond acceptors (Lipinski definition) is 3. The fourth-order valence-corrected chi connectivity index (χ4v) is 2.86. The minimum atomic E-state index is -1.02. The van der Waals surface area contributed by atoms with E-state index in [9.17, 15) is 14.7 Å². The van der Waals surface area contributed by atoms with E-state index < -0.39 is 11.5 Å². The SMILES string of the molecule is CC1(C(=O)O)CCCCN1C(=O)C1CCOCC1. The van der Waals surface area contributed by atoms with Gasteiger partial charge in [-0.1, -0.05) is 0 Å². The summed E-state index contributed by atoms with van der Waals surface area (Å²) in [5.41, 5.74) is -1.02. The van der Waals surface area contributed by atoms with E-state index in [1.165, 1.54) is 0 Å². The fourth-order valence-electron chi connectivity index (χ4n) is 2.86. The van der Waals surface area contributed by atoms with Gasteiger partial charge in [0, 0.05) is 25.7 Å². The summed E-state index contributed by atoms with van der Waals surface area (Å²) in [5.74, 6) is -0.943. The molecule has 102 valence electrons. The molecule has 0 saturated carbocycles. The Morgan fingerprint density at radius 1 is 1.28 bits per heavy atom. The lowest BCUT2D eigenvalue weighted by atomic mass is 9.86. The summed E-state index contributed by atoms with van der Waals surface area (Å²) in [6.45, 7) is 3.45. The van der Waals surface area contributed by atoms with Crippen molar-refractivity contribution in [2.75, 3.05) is 19.8 Å². The number of rotatable bonds is 2. The van der Waals surface area contributed by atoms with Crippen LogP contribution in [-0.2, 0) is 14.3 Å². The number of likely N-dealkylation sites (tertiary alicyclic amines) is 1. The highest BCUT2D eigenvalue weighted by atomic mass is 16.5. The second-order valence-electron chi connectivity index (χ2n) is 5.41. The minimum Gasteiger partial charge on any atom is -0.480 e. The van der Waals surface area contributed by atoms with E-state index >= 15 is 0 Å². The van der Waals surface area contributed by atoms with Crippen LogP contribution in [0.25, 0.3) is 0 Å². The van der Waals surface area contributed by atoms with Gasteiger partial charge in [0.25, 0.3) is 0 Å². The lowest BCUT2D eigenvalue weighted by Gasteiger charge is -2.43. The second-order valence-corrected chi connectivity index (χ2v) is 5.41. The summed E-state index contributed by atoms with van der Waals surface area (Å²) >= 11 is 0. The second kappa shape index (κ2) is 5.26. The topological polar surface area (TPSA) is 66.8 Å². The van der Waals surface area contributed by atoms with Gasteiger partial charge in [-0.2, -0.15) is 0 Å². The lowest BCUT2D eigenvalue weighted by Crippen LogP contribution is -2.59. The molecule has 5 nitrogen and oxygen atoms in total. The Morgan fingerprint density at radius 3 is 2.56 bits per heavy atom. The standard InChI is InChI=1S/C13H21NO4/c1-13(12(16)17)6-2-3-7-14(13)11(15)10-4-8-18-9-5-10/h10H,2-9H2,1H3,(H,16,17). The number of aliphatic carboxylic acids is 1. The van der Waals surface area contributed by atoms with Crippen molar-refractivity contribution in [2.24, 2.45) is 5.92 Å². The van der Waals surface area contributed by atoms with Crippen molar-refractivity contribution in [2.45, 2.75) is 44.6 Å². The molecule has 0 aromatic rings.